The number of rotatable bonds is 7. The molecule has 1 rings (SSSR count). The van der Waals surface area contributed by atoms with E-state index in [1.54, 1.807) is 0 Å². The summed E-state index contributed by atoms with van der Waals surface area (Å²) in [6.45, 7) is 11.8. The number of hydrogen-bond acceptors (Lipinski definition) is 4. The van der Waals surface area contributed by atoms with Gasteiger partial charge >= 0.3 is 0 Å². The van der Waals surface area contributed by atoms with E-state index in [0.29, 0.717) is 5.25 Å². The van der Waals surface area contributed by atoms with Crippen LogP contribution in [-0.2, 0) is 6.42 Å². The first-order valence-corrected chi connectivity index (χ1v) is 7.78. The Morgan fingerprint density at radius 2 is 1.94 bits per heavy atom. The van der Waals surface area contributed by atoms with Gasteiger partial charge in [-0.15, -0.1) is 11.8 Å². The zero-order chi connectivity index (χ0) is 13.5. The fourth-order valence-electron chi connectivity index (χ4n) is 1.50. The van der Waals surface area contributed by atoms with Crippen molar-refractivity contribution in [2.24, 2.45) is 0 Å². The number of anilines is 1. The van der Waals surface area contributed by atoms with Crippen LogP contribution in [0.5, 0.6) is 0 Å². The van der Waals surface area contributed by atoms with Gasteiger partial charge in [0, 0.05) is 23.8 Å². The minimum absolute atomic E-state index is 0.599. The smallest absolute Gasteiger partial charge is 0.133 e. The van der Waals surface area contributed by atoms with Crippen molar-refractivity contribution in [3.05, 3.63) is 11.4 Å². The predicted octanol–water partition coefficient (Wildman–Crippen LogP) is 4.06. The molecule has 1 aromatic heterocycles. The van der Waals surface area contributed by atoms with E-state index in [1.807, 2.05) is 11.8 Å². The third-order valence-electron chi connectivity index (χ3n) is 2.89. The highest BCUT2D eigenvalue weighted by Gasteiger charge is 2.12. The normalized spacial score (nSPS) is 12.5. The highest BCUT2D eigenvalue weighted by molar-refractivity contribution is 7.99. The predicted molar refractivity (Wildman–Crippen MR) is 80.5 cm³/mol. The van der Waals surface area contributed by atoms with Crippen LogP contribution in [0.3, 0.4) is 0 Å². The summed E-state index contributed by atoms with van der Waals surface area (Å²) in [5, 5.41) is 5.14. The molecule has 0 aromatic carbocycles. The van der Waals surface area contributed by atoms with Crippen LogP contribution in [0.1, 0.15) is 51.9 Å². The van der Waals surface area contributed by atoms with E-state index in [4.69, 9.17) is 0 Å². The second-order valence-electron chi connectivity index (χ2n) is 4.54. The zero-order valence-electron chi connectivity index (χ0n) is 12.2. The molecule has 1 unspecified atom stereocenters. The maximum atomic E-state index is 4.66. The second kappa shape index (κ2) is 7.62. The maximum absolute atomic E-state index is 4.66. The van der Waals surface area contributed by atoms with Crippen LogP contribution >= 0.6 is 11.8 Å². The van der Waals surface area contributed by atoms with E-state index in [9.17, 15) is 0 Å². The third kappa shape index (κ3) is 4.16. The van der Waals surface area contributed by atoms with E-state index >= 15 is 0 Å². The molecule has 3 nitrogen and oxygen atoms in total. The Morgan fingerprint density at radius 1 is 1.22 bits per heavy atom. The lowest BCUT2D eigenvalue weighted by molar-refractivity contribution is 0.850. The van der Waals surface area contributed by atoms with Crippen molar-refractivity contribution in [1.82, 2.24) is 9.97 Å². The van der Waals surface area contributed by atoms with Crippen LogP contribution < -0.4 is 5.32 Å². The molecule has 0 fully saturated rings. The molecule has 1 N–H and O–H groups in total. The van der Waals surface area contributed by atoms with Crippen molar-refractivity contribution >= 4 is 17.6 Å². The summed E-state index contributed by atoms with van der Waals surface area (Å²) in [7, 11) is 0. The van der Waals surface area contributed by atoms with Gasteiger partial charge in [-0.3, -0.25) is 0 Å². The van der Waals surface area contributed by atoms with Crippen LogP contribution in [0.2, 0.25) is 0 Å². The lowest BCUT2D eigenvalue weighted by atomic mass is 10.3. The largest absolute Gasteiger partial charge is 0.370 e. The first kappa shape index (κ1) is 15.3. The Morgan fingerprint density at radius 3 is 2.50 bits per heavy atom. The number of nitrogens with one attached hydrogen (secondary N) is 1. The average Bonchev–Trinajstić information content (AvgIpc) is 2.39. The van der Waals surface area contributed by atoms with Gasteiger partial charge in [0.1, 0.15) is 16.7 Å². The molecule has 0 aliphatic rings. The summed E-state index contributed by atoms with van der Waals surface area (Å²) in [6.07, 6.45) is 3.15. The molecular weight excluding hydrogens is 242 g/mol. The fourth-order valence-corrected chi connectivity index (χ4v) is 2.48. The van der Waals surface area contributed by atoms with Crippen LogP contribution in [0.4, 0.5) is 5.82 Å². The maximum Gasteiger partial charge on any atom is 0.133 e. The van der Waals surface area contributed by atoms with Crippen molar-refractivity contribution in [1.29, 1.82) is 0 Å². The SMILES string of the molecule is CCCNc1nc(CC)nc(SC(C)CC)c1C. The van der Waals surface area contributed by atoms with E-state index in [1.165, 1.54) is 5.56 Å². The fraction of sp³-hybridized carbons (Fsp3) is 0.714. The van der Waals surface area contributed by atoms with Crippen molar-refractivity contribution in [2.75, 3.05) is 11.9 Å². The molecule has 0 amide bonds. The molecule has 4 heteroatoms. The molecule has 1 heterocycles. The third-order valence-corrected chi connectivity index (χ3v) is 4.25. The molecule has 0 saturated heterocycles. The van der Waals surface area contributed by atoms with E-state index in [-0.39, 0.29) is 0 Å². The minimum Gasteiger partial charge on any atom is -0.370 e. The van der Waals surface area contributed by atoms with Gasteiger partial charge in [0.15, 0.2) is 0 Å². The topological polar surface area (TPSA) is 37.8 Å². The molecule has 18 heavy (non-hydrogen) atoms. The van der Waals surface area contributed by atoms with Crippen LogP contribution in [-0.4, -0.2) is 21.8 Å². The Bertz CT molecular complexity index is 380. The highest BCUT2D eigenvalue weighted by atomic mass is 32.2. The highest BCUT2D eigenvalue weighted by Crippen LogP contribution is 2.29. The Labute approximate surface area is 115 Å². The summed E-state index contributed by atoms with van der Waals surface area (Å²) in [5.74, 6) is 1.94. The number of hydrogen-bond donors (Lipinski definition) is 1. The van der Waals surface area contributed by atoms with Crippen molar-refractivity contribution < 1.29 is 0 Å². The molecule has 0 aliphatic heterocycles. The quantitative estimate of drug-likeness (QED) is 0.597. The van der Waals surface area contributed by atoms with Gasteiger partial charge in [0.25, 0.3) is 0 Å². The van der Waals surface area contributed by atoms with Gasteiger partial charge in [-0.2, -0.15) is 0 Å². The monoisotopic (exact) mass is 267 g/mol. The number of aromatic nitrogens is 2. The molecule has 0 saturated carbocycles. The van der Waals surface area contributed by atoms with Crippen molar-refractivity contribution in [3.63, 3.8) is 0 Å². The lowest BCUT2D eigenvalue weighted by Gasteiger charge is -2.15. The molecule has 0 aliphatic carbocycles. The van der Waals surface area contributed by atoms with Gasteiger partial charge in [-0.05, 0) is 19.8 Å². The minimum atomic E-state index is 0.599. The molecule has 0 spiro atoms. The van der Waals surface area contributed by atoms with Gasteiger partial charge in [0.2, 0.25) is 0 Å². The summed E-state index contributed by atoms with van der Waals surface area (Å²) in [6, 6.07) is 0. The summed E-state index contributed by atoms with van der Waals surface area (Å²) >= 11 is 1.86. The molecule has 102 valence electrons. The Hall–Kier alpha value is -0.770. The molecule has 1 aromatic rings. The second-order valence-corrected chi connectivity index (χ2v) is 5.96. The van der Waals surface area contributed by atoms with E-state index in [0.717, 1.165) is 42.5 Å². The first-order chi connectivity index (χ1) is 8.62. The molecule has 0 radical (unpaired) electrons. The molecular formula is C14H25N3S. The lowest BCUT2D eigenvalue weighted by Crippen LogP contribution is -2.09. The van der Waals surface area contributed by atoms with Crippen molar-refractivity contribution in [3.8, 4) is 0 Å². The molecule has 1 atom stereocenters. The van der Waals surface area contributed by atoms with Crippen LogP contribution in [0, 0.1) is 6.92 Å². The van der Waals surface area contributed by atoms with Crippen LogP contribution in [0.25, 0.3) is 0 Å². The summed E-state index contributed by atoms with van der Waals surface area (Å²) in [4.78, 5) is 9.25. The van der Waals surface area contributed by atoms with Gasteiger partial charge in [0.05, 0.1) is 0 Å². The van der Waals surface area contributed by atoms with Gasteiger partial charge in [-0.25, -0.2) is 9.97 Å². The molecule has 0 bridgehead atoms. The average molecular weight is 267 g/mol. The van der Waals surface area contributed by atoms with E-state index in [2.05, 4.69) is 49.9 Å². The number of aryl methyl sites for hydroxylation is 1. The summed E-state index contributed by atoms with van der Waals surface area (Å²) in [5.41, 5.74) is 1.19. The first-order valence-electron chi connectivity index (χ1n) is 6.90. The Kier molecular flexibility index (Phi) is 6.47. The Balaban J connectivity index is 3.00. The standard InChI is InChI=1S/C14H25N3S/c1-6-9-15-13-11(5)14(18-10(4)7-2)17-12(8-3)16-13/h10H,6-9H2,1-5H3,(H,15,16,17). The van der Waals surface area contributed by atoms with Gasteiger partial charge < -0.3 is 5.32 Å². The van der Waals surface area contributed by atoms with Gasteiger partial charge in [-0.1, -0.05) is 27.7 Å². The van der Waals surface area contributed by atoms with Crippen LogP contribution in [0.15, 0.2) is 5.03 Å². The zero-order valence-corrected chi connectivity index (χ0v) is 13.0. The number of thioether (sulfide) groups is 1. The van der Waals surface area contributed by atoms with Crippen molar-refractivity contribution in [2.45, 2.75) is 64.2 Å². The van der Waals surface area contributed by atoms with E-state index < -0.39 is 0 Å². The number of nitrogens with zero attached hydrogens (tertiary/aromatic N) is 2. The summed E-state index contributed by atoms with van der Waals surface area (Å²) < 4.78 is 0.